The third-order valence-electron chi connectivity index (χ3n) is 5.39. The Morgan fingerprint density at radius 2 is 1.87 bits per heavy atom. The molecule has 1 saturated heterocycles. The van der Waals surface area contributed by atoms with Gasteiger partial charge in [-0.25, -0.2) is 4.79 Å². The molecule has 3 rings (SSSR count). The highest BCUT2D eigenvalue weighted by Gasteiger charge is 2.37. The number of carbonyl (C=O) groups excluding carboxylic acids is 1. The van der Waals surface area contributed by atoms with Gasteiger partial charge >= 0.3 is 11.9 Å². The average Bonchev–Trinajstić information content (AvgIpc) is 2.71. The van der Waals surface area contributed by atoms with E-state index in [4.69, 9.17) is 4.74 Å². The molecule has 1 atom stereocenters. The molecule has 0 aliphatic carbocycles. The number of phenolic OH excluding ortho intramolecular Hbond substituents is 1. The normalized spacial score (nSPS) is 20.0. The second kappa shape index (κ2) is 9.47. The number of aryl methyl sites for hydroxylation is 1. The lowest BCUT2D eigenvalue weighted by Crippen LogP contribution is -2.32. The molecule has 1 fully saturated rings. The van der Waals surface area contributed by atoms with E-state index < -0.39 is 11.4 Å². The van der Waals surface area contributed by atoms with Crippen LogP contribution >= 0.6 is 0 Å². The summed E-state index contributed by atoms with van der Waals surface area (Å²) in [6.45, 7) is 4.16. The van der Waals surface area contributed by atoms with Gasteiger partial charge in [0, 0.05) is 11.5 Å². The predicted octanol–water partition coefficient (Wildman–Crippen LogP) is 5.15. The lowest BCUT2D eigenvalue weighted by molar-refractivity contribution is -0.151. The van der Waals surface area contributed by atoms with E-state index >= 15 is 0 Å². The molecule has 2 aromatic rings. The molecule has 2 N–H and O–H groups in total. The molecular formula is C26H26O5. The first-order valence-electron chi connectivity index (χ1n) is 10.1. The molecular weight excluding hydrogens is 392 g/mol. The summed E-state index contributed by atoms with van der Waals surface area (Å²) < 4.78 is 5.10. The number of ether oxygens (including phenoxy) is 1. The van der Waals surface area contributed by atoms with Crippen LogP contribution in [0.2, 0.25) is 0 Å². The van der Waals surface area contributed by atoms with Crippen LogP contribution < -0.4 is 0 Å². The minimum atomic E-state index is -1.07. The van der Waals surface area contributed by atoms with Gasteiger partial charge < -0.3 is 14.9 Å². The van der Waals surface area contributed by atoms with Crippen molar-refractivity contribution in [2.45, 2.75) is 26.7 Å². The summed E-state index contributed by atoms with van der Waals surface area (Å²) >= 11 is 0. The first-order chi connectivity index (χ1) is 14.7. The monoisotopic (exact) mass is 418 g/mol. The number of benzene rings is 2. The molecule has 0 amide bonds. The number of aliphatic carboxylic acids is 1. The summed E-state index contributed by atoms with van der Waals surface area (Å²) in [7, 11) is 0. The number of carboxylic acids is 1. The van der Waals surface area contributed by atoms with E-state index in [2.05, 4.69) is 0 Å². The Morgan fingerprint density at radius 1 is 1.13 bits per heavy atom. The molecule has 0 radical (unpaired) electrons. The Kier molecular flexibility index (Phi) is 6.75. The van der Waals surface area contributed by atoms with Crippen LogP contribution in [0.1, 0.15) is 36.5 Å². The number of hydrogen-bond donors (Lipinski definition) is 2. The molecule has 1 unspecified atom stereocenters. The van der Waals surface area contributed by atoms with Crippen molar-refractivity contribution in [2.24, 2.45) is 5.41 Å². The van der Waals surface area contributed by atoms with Crippen molar-refractivity contribution in [3.63, 3.8) is 0 Å². The highest BCUT2D eigenvalue weighted by Crippen LogP contribution is 2.42. The van der Waals surface area contributed by atoms with Crippen LogP contribution in [0.5, 0.6) is 5.75 Å². The number of carboxylic acid groups (broad SMARTS) is 1. The highest BCUT2D eigenvalue weighted by atomic mass is 16.5. The lowest BCUT2D eigenvalue weighted by atomic mass is 9.72. The number of cyclic esters (lactones) is 1. The van der Waals surface area contributed by atoms with E-state index in [0.29, 0.717) is 17.6 Å². The van der Waals surface area contributed by atoms with Gasteiger partial charge in [0.1, 0.15) is 5.75 Å². The van der Waals surface area contributed by atoms with Gasteiger partial charge in [0.15, 0.2) is 0 Å². The summed E-state index contributed by atoms with van der Waals surface area (Å²) in [4.78, 5) is 23.8. The van der Waals surface area contributed by atoms with E-state index in [9.17, 15) is 19.8 Å². The first-order valence-corrected chi connectivity index (χ1v) is 10.1. The van der Waals surface area contributed by atoms with Gasteiger partial charge in [-0.2, -0.15) is 0 Å². The van der Waals surface area contributed by atoms with Crippen LogP contribution in [0.3, 0.4) is 0 Å². The second-order valence-electron chi connectivity index (χ2n) is 8.04. The molecule has 1 heterocycles. The zero-order valence-electron chi connectivity index (χ0n) is 17.7. The number of hydrogen-bond acceptors (Lipinski definition) is 4. The third kappa shape index (κ3) is 5.95. The van der Waals surface area contributed by atoms with Gasteiger partial charge in [-0.15, -0.1) is 0 Å². The lowest BCUT2D eigenvalue weighted by Gasteiger charge is -2.35. The van der Waals surface area contributed by atoms with E-state index in [1.54, 1.807) is 24.3 Å². The molecule has 5 nitrogen and oxygen atoms in total. The summed E-state index contributed by atoms with van der Waals surface area (Å²) in [5, 5.41) is 19.2. The molecule has 0 aromatic heterocycles. The van der Waals surface area contributed by atoms with Crippen molar-refractivity contribution in [2.75, 3.05) is 6.61 Å². The van der Waals surface area contributed by atoms with Crippen LogP contribution in [0, 0.1) is 12.3 Å². The van der Waals surface area contributed by atoms with E-state index in [1.807, 2.05) is 56.3 Å². The summed E-state index contributed by atoms with van der Waals surface area (Å²) in [5.41, 5.74) is 3.49. The van der Waals surface area contributed by atoms with Crippen LogP contribution in [-0.4, -0.2) is 28.8 Å². The molecule has 0 spiro atoms. The SMILES string of the molecule is Cc1cccc(C=CC(=Cc2ccc(O)cc2)C(=CC(=O)O)C2(C)CCOC(=O)C2)c1. The summed E-state index contributed by atoms with van der Waals surface area (Å²) in [6.07, 6.45) is 7.50. The van der Waals surface area contributed by atoms with E-state index in [0.717, 1.165) is 16.7 Å². The molecule has 1 aliphatic heterocycles. The van der Waals surface area contributed by atoms with Gasteiger partial charge in [0.2, 0.25) is 0 Å². The van der Waals surface area contributed by atoms with Crippen molar-refractivity contribution < 1.29 is 24.5 Å². The van der Waals surface area contributed by atoms with Crippen molar-refractivity contribution >= 4 is 24.1 Å². The van der Waals surface area contributed by atoms with Crippen molar-refractivity contribution in [1.82, 2.24) is 0 Å². The maximum atomic E-state index is 12.0. The topological polar surface area (TPSA) is 83.8 Å². The number of allylic oxidation sites excluding steroid dienone is 3. The fraction of sp³-hybridized carbons (Fsp3) is 0.231. The minimum absolute atomic E-state index is 0.108. The zero-order valence-corrected chi connectivity index (χ0v) is 17.7. The van der Waals surface area contributed by atoms with Crippen molar-refractivity contribution in [3.8, 4) is 5.75 Å². The second-order valence-corrected chi connectivity index (χ2v) is 8.04. The fourth-order valence-corrected chi connectivity index (χ4v) is 3.73. The molecule has 2 aromatic carbocycles. The maximum Gasteiger partial charge on any atom is 0.328 e. The van der Waals surface area contributed by atoms with Crippen LogP contribution in [-0.2, 0) is 14.3 Å². The highest BCUT2D eigenvalue weighted by molar-refractivity contribution is 5.85. The Hall–Kier alpha value is -3.60. The Balaban J connectivity index is 2.12. The Labute approximate surface area is 182 Å². The summed E-state index contributed by atoms with van der Waals surface area (Å²) in [6, 6.07) is 14.6. The average molecular weight is 418 g/mol. The summed E-state index contributed by atoms with van der Waals surface area (Å²) in [5.74, 6) is -1.26. The molecule has 5 heteroatoms. The van der Waals surface area contributed by atoms with Crippen LogP contribution in [0.25, 0.3) is 12.2 Å². The Bertz CT molecular complexity index is 1060. The number of phenols is 1. The Morgan fingerprint density at radius 3 is 2.52 bits per heavy atom. The number of carbonyl (C=O) groups is 2. The first kappa shape index (κ1) is 22.1. The van der Waals surface area contributed by atoms with Crippen molar-refractivity contribution in [3.05, 3.63) is 88.5 Å². The fourth-order valence-electron chi connectivity index (χ4n) is 3.73. The maximum absolute atomic E-state index is 12.0. The van der Waals surface area contributed by atoms with Gasteiger partial charge in [-0.1, -0.05) is 61.0 Å². The zero-order chi connectivity index (χ0) is 22.4. The smallest absolute Gasteiger partial charge is 0.328 e. The number of esters is 1. The van der Waals surface area contributed by atoms with Crippen molar-refractivity contribution in [1.29, 1.82) is 0 Å². The van der Waals surface area contributed by atoms with E-state index in [1.165, 1.54) is 6.08 Å². The van der Waals surface area contributed by atoms with Gasteiger partial charge in [0.05, 0.1) is 13.0 Å². The molecule has 160 valence electrons. The predicted molar refractivity (Wildman–Crippen MR) is 120 cm³/mol. The van der Waals surface area contributed by atoms with Crippen LogP contribution in [0.4, 0.5) is 0 Å². The quantitative estimate of drug-likeness (QED) is 0.385. The van der Waals surface area contributed by atoms with Gasteiger partial charge in [0.25, 0.3) is 0 Å². The number of aromatic hydroxyl groups is 1. The molecule has 0 saturated carbocycles. The molecule has 1 aliphatic rings. The largest absolute Gasteiger partial charge is 0.508 e. The number of rotatable bonds is 6. The van der Waals surface area contributed by atoms with E-state index in [-0.39, 0.29) is 24.7 Å². The van der Waals surface area contributed by atoms with Gasteiger partial charge in [-0.3, -0.25) is 4.79 Å². The minimum Gasteiger partial charge on any atom is -0.508 e. The molecule has 31 heavy (non-hydrogen) atoms. The third-order valence-corrected chi connectivity index (χ3v) is 5.39. The van der Waals surface area contributed by atoms with Crippen LogP contribution in [0.15, 0.2) is 71.8 Å². The standard InChI is InChI=1S/C26H26O5/c1-18-4-3-5-19(14-18)6-9-21(15-20-7-10-22(27)11-8-20)23(16-24(28)29)26(2)12-13-31-25(30)17-26/h3-11,14-16,27H,12-13,17H2,1-2H3,(H,28,29). The van der Waals surface area contributed by atoms with Gasteiger partial charge in [-0.05, 0) is 53.8 Å². The molecule has 0 bridgehead atoms.